The summed E-state index contributed by atoms with van der Waals surface area (Å²) in [6, 6.07) is 5.68. The van der Waals surface area contributed by atoms with Gasteiger partial charge in [-0.15, -0.1) is 9.36 Å². The van der Waals surface area contributed by atoms with E-state index in [1.54, 1.807) is 12.1 Å². The van der Waals surface area contributed by atoms with Crippen molar-refractivity contribution in [2.75, 3.05) is 0 Å². The number of nitrogens with zero attached hydrogens (tertiary/aromatic N) is 3. The van der Waals surface area contributed by atoms with Crippen LogP contribution in [-0.4, -0.2) is 9.67 Å². The Hall–Kier alpha value is -1.06. The third-order valence-electron chi connectivity index (χ3n) is 2.55. The van der Waals surface area contributed by atoms with Crippen LogP contribution in [0.2, 0.25) is 10.3 Å². The third kappa shape index (κ3) is 1.93. The van der Waals surface area contributed by atoms with Gasteiger partial charge in [0.15, 0.2) is 7.05 Å². The lowest BCUT2D eigenvalue weighted by Crippen LogP contribution is -2.40. The summed E-state index contributed by atoms with van der Waals surface area (Å²) in [7, 11) is 1.99. The molecule has 2 aromatic heterocycles. The molecule has 3 nitrogen and oxygen atoms in total. The molecule has 0 unspecified atom stereocenters. The molecule has 2 heterocycles. The lowest BCUT2D eigenvalue weighted by Gasteiger charge is -2.04. The van der Waals surface area contributed by atoms with Crippen LogP contribution in [-0.2, 0) is 7.05 Å². The summed E-state index contributed by atoms with van der Waals surface area (Å²) >= 11 is 11.8. The first-order valence-electron chi connectivity index (χ1n) is 4.88. The molecule has 0 spiro atoms. The Balaban J connectivity index is 2.67. The van der Waals surface area contributed by atoms with Crippen molar-refractivity contribution in [1.82, 2.24) is 9.67 Å². The molecule has 0 saturated heterocycles. The van der Waals surface area contributed by atoms with Gasteiger partial charge in [0.1, 0.15) is 16.0 Å². The number of hydrogen-bond donors (Lipinski definition) is 0. The van der Waals surface area contributed by atoms with Crippen LogP contribution in [0.1, 0.15) is 11.4 Å². The first kappa shape index (κ1) is 11.4. The Morgan fingerprint density at radius 2 is 1.69 bits per heavy atom. The molecule has 0 bridgehead atoms. The van der Waals surface area contributed by atoms with E-state index in [1.165, 1.54) is 5.69 Å². The predicted molar refractivity (Wildman–Crippen MR) is 64.2 cm³/mol. The largest absolute Gasteiger partial charge is 0.224 e. The van der Waals surface area contributed by atoms with Gasteiger partial charge < -0.3 is 0 Å². The third-order valence-corrected chi connectivity index (χ3v) is 2.94. The van der Waals surface area contributed by atoms with Gasteiger partial charge in [-0.05, 0) is 6.92 Å². The Bertz CT molecular complexity index is 526. The van der Waals surface area contributed by atoms with E-state index in [-0.39, 0.29) is 0 Å². The summed E-state index contributed by atoms with van der Waals surface area (Å²) < 4.78 is 4.08. The van der Waals surface area contributed by atoms with E-state index in [9.17, 15) is 0 Å². The van der Waals surface area contributed by atoms with E-state index in [4.69, 9.17) is 23.2 Å². The summed E-state index contributed by atoms with van der Waals surface area (Å²) in [5, 5.41) is 0.793. The van der Waals surface area contributed by atoms with Gasteiger partial charge in [-0.3, -0.25) is 0 Å². The average Bonchev–Trinajstić information content (AvgIpc) is 2.39. The zero-order valence-corrected chi connectivity index (χ0v) is 10.8. The van der Waals surface area contributed by atoms with Crippen molar-refractivity contribution >= 4 is 23.2 Å². The van der Waals surface area contributed by atoms with Crippen LogP contribution in [0.3, 0.4) is 0 Å². The minimum atomic E-state index is 0.397. The van der Waals surface area contributed by atoms with E-state index in [2.05, 4.69) is 11.1 Å². The zero-order valence-electron chi connectivity index (χ0n) is 9.33. The summed E-state index contributed by atoms with van der Waals surface area (Å²) in [5.41, 5.74) is 3.21. The fourth-order valence-corrected chi connectivity index (χ4v) is 2.25. The molecule has 16 heavy (non-hydrogen) atoms. The molecule has 0 fully saturated rings. The monoisotopic (exact) mass is 256 g/mol. The summed E-state index contributed by atoms with van der Waals surface area (Å²) in [6.07, 6.45) is 0. The number of aromatic nitrogens is 3. The number of halogens is 2. The molecule has 0 atom stereocenters. The maximum absolute atomic E-state index is 5.89. The molecular formula is C11H12Cl2N3+. The lowest BCUT2D eigenvalue weighted by molar-refractivity contribution is -0.749. The molecule has 0 aliphatic rings. The maximum atomic E-state index is 5.89. The Labute approximate surface area is 104 Å². The molecule has 0 aromatic carbocycles. The van der Waals surface area contributed by atoms with E-state index in [0.717, 1.165) is 11.4 Å². The lowest BCUT2D eigenvalue weighted by atomic mass is 10.3. The van der Waals surface area contributed by atoms with Gasteiger partial charge in [0.2, 0.25) is 5.69 Å². The molecule has 0 amide bonds. The van der Waals surface area contributed by atoms with Gasteiger partial charge in [0.05, 0.1) is 5.69 Å². The first-order valence-corrected chi connectivity index (χ1v) is 5.63. The van der Waals surface area contributed by atoms with Gasteiger partial charge >= 0.3 is 0 Å². The first-order chi connectivity index (χ1) is 7.49. The van der Waals surface area contributed by atoms with Gasteiger partial charge in [-0.25, -0.2) is 4.98 Å². The van der Waals surface area contributed by atoms with Crippen molar-refractivity contribution in [2.45, 2.75) is 13.8 Å². The minimum Gasteiger partial charge on any atom is -0.224 e. The number of hydrogen-bond acceptors (Lipinski definition) is 1. The molecule has 0 radical (unpaired) electrons. The van der Waals surface area contributed by atoms with Crippen LogP contribution in [0.4, 0.5) is 0 Å². The SMILES string of the molecule is Cc1cc(C)[n+](C)n1-c1cc(Cl)nc(Cl)c1. The van der Waals surface area contributed by atoms with Gasteiger partial charge in [-0.1, -0.05) is 23.2 Å². The summed E-state index contributed by atoms with van der Waals surface area (Å²) in [5.74, 6) is 0. The topological polar surface area (TPSA) is 21.7 Å². The highest BCUT2D eigenvalue weighted by molar-refractivity contribution is 6.32. The molecule has 84 valence electrons. The minimum absolute atomic E-state index is 0.397. The Morgan fingerprint density at radius 3 is 2.12 bits per heavy atom. The van der Waals surface area contributed by atoms with E-state index in [1.807, 2.05) is 30.3 Å². The highest BCUT2D eigenvalue weighted by atomic mass is 35.5. The summed E-state index contributed by atoms with van der Waals surface area (Å²) in [6.45, 7) is 4.09. The van der Waals surface area contributed by atoms with Crippen LogP contribution in [0, 0.1) is 13.8 Å². The van der Waals surface area contributed by atoms with Crippen molar-refractivity contribution < 1.29 is 4.68 Å². The normalized spacial score (nSPS) is 10.8. The number of rotatable bonds is 1. The van der Waals surface area contributed by atoms with Crippen molar-refractivity contribution in [3.05, 3.63) is 39.9 Å². The molecule has 5 heteroatoms. The highest BCUT2D eigenvalue weighted by Gasteiger charge is 2.16. The van der Waals surface area contributed by atoms with Gasteiger partial charge in [-0.2, -0.15) is 0 Å². The van der Waals surface area contributed by atoms with Gasteiger partial charge in [0.25, 0.3) is 0 Å². The van der Waals surface area contributed by atoms with E-state index >= 15 is 0 Å². The molecule has 0 saturated carbocycles. The van der Waals surface area contributed by atoms with Crippen molar-refractivity contribution in [1.29, 1.82) is 0 Å². The second-order valence-electron chi connectivity index (χ2n) is 3.73. The van der Waals surface area contributed by atoms with Crippen LogP contribution in [0.25, 0.3) is 5.69 Å². The Morgan fingerprint density at radius 1 is 1.12 bits per heavy atom. The van der Waals surface area contributed by atoms with Crippen LogP contribution >= 0.6 is 23.2 Å². The molecule has 0 aliphatic heterocycles. The highest BCUT2D eigenvalue weighted by Crippen LogP contribution is 2.18. The molecule has 2 rings (SSSR count). The fraction of sp³-hybridized carbons (Fsp3) is 0.273. The standard InChI is InChI=1S/C11H12Cl2N3/c1-7-4-8(2)16(15(7)3)9-5-10(12)14-11(13)6-9/h4-6H,1-3H3/q+1. The molecular weight excluding hydrogens is 245 g/mol. The predicted octanol–water partition coefficient (Wildman–Crippen LogP) is 2.62. The van der Waals surface area contributed by atoms with Crippen LogP contribution in [0.15, 0.2) is 18.2 Å². The second-order valence-corrected chi connectivity index (χ2v) is 4.51. The molecule has 0 aliphatic carbocycles. The van der Waals surface area contributed by atoms with Crippen LogP contribution in [0.5, 0.6) is 0 Å². The zero-order chi connectivity index (χ0) is 11.9. The molecule has 0 N–H and O–H groups in total. The average molecular weight is 257 g/mol. The number of aryl methyl sites for hydroxylation is 2. The van der Waals surface area contributed by atoms with E-state index < -0.39 is 0 Å². The van der Waals surface area contributed by atoms with Crippen LogP contribution < -0.4 is 4.68 Å². The quantitative estimate of drug-likeness (QED) is 0.568. The molecule has 2 aromatic rings. The van der Waals surface area contributed by atoms with Crippen molar-refractivity contribution in [3.63, 3.8) is 0 Å². The van der Waals surface area contributed by atoms with Gasteiger partial charge in [0, 0.05) is 25.1 Å². The van der Waals surface area contributed by atoms with E-state index in [0.29, 0.717) is 10.3 Å². The number of pyridine rings is 1. The second kappa shape index (κ2) is 4.07. The van der Waals surface area contributed by atoms with Crippen molar-refractivity contribution in [2.24, 2.45) is 7.05 Å². The fourth-order valence-electron chi connectivity index (χ4n) is 1.80. The summed E-state index contributed by atoms with van der Waals surface area (Å²) in [4.78, 5) is 3.93. The Kier molecular flexibility index (Phi) is 2.91. The smallest absolute Gasteiger partial charge is 0.205 e. The van der Waals surface area contributed by atoms with Crippen molar-refractivity contribution in [3.8, 4) is 5.69 Å². The maximum Gasteiger partial charge on any atom is 0.205 e.